The van der Waals surface area contributed by atoms with Gasteiger partial charge in [-0.2, -0.15) is 0 Å². The molecule has 0 aliphatic carbocycles. The lowest BCUT2D eigenvalue weighted by molar-refractivity contribution is -0.126. The first-order valence-electron chi connectivity index (χ1n) is 10.0. The Morgan fingerprint density at radius 3 is 2.50 bits per heavy atom. The summed E-state index contributed by atoms with van der Waals surface area (Å²) in [5, 5.41) is 2.94. The van der Waals surface area contributed by atoms with Crippen LogP contribution in [0, 0.1) is 5.92 Å². The zero-order chi connectivity index (χ0) is 21.5. The maximum atomic E-state index is 12.6. The second-order valence-corrected chi connectivity index (χ2v) is 7.11. The molecule has 1 aliphatic heterocycles. The lowest BCUT2D eigenvalue weighted by Gasteiger charge is -2.20. The molecule has 1 heterocycles. The van der Waals surface area contributed by atoms with Crippen molar-refractivity contribution in [2.45, 2.75) is 26.5 Å². The van der Waals surface area contributed by atoms with E-state index in [1.165, 1.54) is 0 Å². The molecule has 1 saturated heterocycles. The molecule has 3 rings (SSSR count). The first kappa shape index (κ1) is 21.6. The van der Waals surface area contributed by atoms with Crippen molar-refractivity contribution in [1.29, 1.82) is 0 Å². The Balaban J connectivity index is 1.59. The van der Waals surface area contributed by atoms with E-state index in [0.717, 1.165) is 11.1 Å². The van der Waals surface area contributed by atoms with Crippen LogP contribution in [0.1, 0.15) is 24.5 Å². The smallest absolute Gasteiger partial charge is 0.227 e. The number of hydrogen-bond acceptors (Lipinski definition) is 5. The number of hydrogen-bond donors (Lipinski definition) is 1. The molecule has 0 spiro atoms. The van der Waals surface area contributed by atoms with Gasteiger partial charge >= 0.3 is 0 Å². The molecule has 1 N–H and O–H groups in total. The molecule has 1 fully saturated rings. The molecule has 1 unspecified atom stereocenters. The van der Waals surface area contributed by atoms with Gasteiger partial charge in [0.1, 0.15) is 11.5 Å². The van der Waals surface area contributed by atoms with Gasteiger partial charge in [-0.25, -0.2) is 0 Å². The van der Waals surface area contributed by atoms with Gasteiger partial charge in [0.2, 0.25) is 11.8 Å². The van der Waals surface area contributed by atoms with Gasteiger partial charge in [-0.05, 0) is 30.2 Å². The van der Waals surface area contributed by atoms with Gasteiger partial charge in [-0.15, -0.1) is 0 Å². The highest BCUT2D eigenvalue weighted by Gasteiger charge is 2.36. The van der Waals surface area contributed by atoms with E-state index in [0.29, 0.717) is 43.5 Å². The van der Waals surface area contributed by atoms with Gasteiger partial charge < -0.3 is 24.4 Å². The van der Waals surface area contributed by atoms with Crippen LogP contribution in [0.25, 0.3) is 0 Å². The molecule has 7 heteroatoms. The quantitative estimate of drug-likeness (QED) is 0.685. The molecule has 2 aromatic rings. The van der Waals surface area contributed by atoms with Crippen molar-refractivity contribution < 1.29 is 23.8 Å². The molecular weight excluding hydrogens is 384 g/mol. The number of amides is 2. The number of methoxy groups -OCH3 is 2. The Morgan fingerprint density at radius 2 is 1.83 bits per heavy atom. The minimum absolute atomic E-state index is 0.0982. The van der Waals surface area contributed by atoms with Crippen LogP contribution < -0.4 is 19.7 Å². The Kier molecular flexibility index (Phi) is 7.30. The monoisotopic (exact) mass is 412 g/mol. The summed E-state index contributed by atoms with van der Waals surface area (Å²) >= 11 is 0. The van der Waals surface area contributed by atoms with Crippen molar-refractivity contribution in [2.75, 3.05) is 32.3 Å². The number of ether oxygens (including phenoxy) is 3. The molecule has 1 aliphatic rings. The van der Waals surface area contributed by atoms with Crippen molar-refractivity contribution in [2.24, 2.45) is 5.92 Å². The van der Waals surface area contributed by atoms with Gasteiger partial charge in [0.05, 0.1) is 32.4 Å². The van der Waals surface area contributed by atoms with Crippen LogP contribution >= 0.6 is 0 Å². The second kappa shape index (κ2) is 10.1. The normalized spacial score (nSPS) is 15.9. The Hall–Kier alpha value is -3.06. The molecule has 0 bridgehead atoms. The summed E-state index contributed by atoms with van der Waals surface area (Å²) in [5.41, 5.74) is 2.74. The van der Waals surface area contributed by atoms with Gasteiger partial charge in [-0.3, -0.25) is 9.59 Å². The summed E-state index contributed by atoms with van der Waals surface area (Å²) < 4.78 is 16.0. The van der Waals surface area contributed by atoms with Gasteiger partial charge in [0.25, 0.3) is 0 Å². The van der Waals surface area contributed by atoms with Crippen LogP contribution in [0.3, 0.4) is 0 Å². The average molecular weight is 412 g/mol. The van der Waals surface area contributed by atoms with Crippen molar-refractivity contribution in [3.8, 4) is 11.5 Å². The molecule has 30 heavy (non-hydrogen) atoms. The van der Waals surface area contributed by atoms with Crippen molar-refractivity contribution in [3.05, 3.63) is 53.6 Å². The van der Waals surface area contributed by atoms with E-state index in [1.807, 2.05) is 31.2 Å². The van der Waals surface area contributed by atoms with Gasteiger partial charge in [0, 0.05) is 32.2 Å². The van der Waals surface area contributed by atoms with Crippen molar-refractivity contribution in [3.63, 3.8) is 0 Å². The molecule has 2 amide bonds. The predicted octanol–water partition coefficient (Wildman–Crippen LogP) is 2.91. The fourth-order valence-electron chi connectivity index (χ4n) is 3.43. The van der Waals surface area contributed by atoms with E-state index >= 15 is 0 Å². The van der Waals surface area contributed by atoms with E-state index < -0.39 is 5.92 Å². The first-order chi connectivity index (χ1) is 14.5. The van der Waals surface area contributed by atoms with Crippen LogP contribution in [0.2, 0.25) is 0 Å². The molecule has 0 saturated carbocycles. The summed E-state index contributed by atoms with van der Waals surface area (Å²) in [6.07, 6.45) is 0.175. The van der Waals surface area contributed by atoms with E-state index in [2.05, 4.69) is 5.32 Å². The van der Waals surface area contributed by atoms with Crippen molar-refractivity contribution >= 4 is 17.5 Å². The minimum atomic E-state index is -0.401. The number of benzene rings is 2. The van der Waals surface area contributed by atoms with Crippen LogP contribution in [-0.4, -0.2) is 39.2 Å². The number of carbonyl (C=O) groups is 2. The maximum Gasteiger partial charge on any atom is 0.227 e. The number of rotatable bonds is 9. The molecule has 2 aromatic carbocycles. The van der Waals surface area contributed by atoms with E-state index in [9.17, 15) is 9.59 Å². The topological polar surface area (TPSA) is 77.1 Å². The number of nitrogens with one attached hydrogen (secondary N) is 1. The van der Waals surface area contributed by atoms with E-state index in [-0.39, 0.29) is 18.2 Å². The summed E-state index contributed by atoms with van der Waals surface area (Å²) in [6, 6.07) is 13.2. The Morgan fingerprint density at radius 1 is 1.10 bits per heavy atom. The maximum absolute atomic E-state index is 12.6. The van der Waals surface area contributed by atoms with Gasteiger partial charge in [0.15, 0.2) is 0 Å². The molecule has 160 valence electrons. The third kappa shape index (κ3) is 5.10. The number of nitrogens with zero attached hydrogens (tertiary/aromatic N) is 1. The third-order valence-corrected chi connectivity index (χ3v) is 5.14. The van der Waals surface area contributed by atoms with E-state index in [1.54, 1.807) is 37.3 Å². The lowest BCUT2D eigenvalue weighted by atomic mass is 10.1. The predicted molar refractivity (Wildman–Crippen MR) is 114 cm³/mol. The standard InChI is InChI=1S/C23H28N2O5/c1-4-30-15-17-7-5-16(6-8-17)13-24-23(27)18-11-22(26)25(14-18)20-10-9-19(28-2)12-21(20)29-3/h5-10,12,18H,4,11,13-15H2,1-3H3,(H,24,27). The van der Waals surface area contributed by atoms with Crippen LogP contribution in [0.5, 0.6) is 11.5 Å². The highest BCUT2D eigenvalue weighted by molar-refractivity contribution is 6.01. The second-order valence-electron chi connectivity index (χ2n) is 7.11. The summed E-state index contributed by atoms with van der Waals surface area (Å²) in [4.78, 5) is 26.8. The first-order valence-corrected chi connectivity index (χ1v) is 10.0. The molecule has 0 aromatic heterocycles. The van der Waals surface area contributed by atoms with Crippen LogP contribution in [0.4, 0.5) is 5.69 Å². The van der Waals surface area contributed by atoms with Crippen LogP contribution in [0.15, 0.2) is 42.5 Å². The largest absolute Gasteiger partial charge is 0.497 e. The zero-order valence-electron chi connectivity index (χ0n) is 17.6. The Bertz CT molecular complexity index is 882. The molecule has 0 radical (unpaired) electrons. The van der Waals surface area contributed by atoms with Crippen molar-refractivity contribution in [1.82, 2.24) is 5.32 Å². The average Bonchev–Trinajstić information content (AvgIpc) is 3.17. The van der Waals surface area contributed by atoms with Crippen LogP contribution in [-0.2, 0) is 27.5 Å². The fourth-order valence-corrected chi connectivity index (χ4v) is 3.43. The summed E-state index contributed by atoms with van der Waals surface area (Å²) in [7, 11) is 3.12. The zero-order valence-corrected chi connectivity index (χ0v) is 17.6. The van der Waals surface area contributed by atoms with Gasteiger partial charge in [-0.1, -0.05) is 24.3 Å². The molecule has 7 nitrogen and oxygen atoms in total. The lowest BCUT2D eigenvalue weighted by Crippen LogP contribution is -2.32. The summed E-state index contributed by atoms with van der Waals surface area (Å²) in [5.74, 6) is 0.553. The highest BCUT2D eigenvalue weighted by atomic mass is 16.5. The minimum Gasteiger partial charge on any atom is -0.497 e. The summed E-state index contributed by atoms with van der Waals surface area (Å²) in [6.45, 7) is 3.96. The fraction of sp³-hybridized carbons (Fsp3) is 0.391. The number of anilines is 1. The highest BCUT2D eigenvalue weighted by Crippen LogP contribution is 2.35. The third-order valence-electron chi connectivity index (χ3n) is 5.14. The SMILES string of the molecule is CCOCc1ccc(CNC(=O)C2CC(=O)N(c3ccc(OC)cc3OC)C2)cc1. The van der Waals surface area contributed by atoms with E-state index in [4.69, 9.17) is 14.2 Å². The molecule has 1 atom stereocenters. The molecular formula is C23H28N2O5. The Labute approximate surface area is 176 Å². The number of carbonyl (C=O) groups excluding carboxylic acids is 2.